The van der Waals surface area contributed by atoms with Crippen LogP contribution in [-0.2, 0) is 0 Å². The second-order valence-corrected chi connectivity index (χ2v) is 4.42. The zero-order chi connectivity index (χ0) is 11.5. The van der Waals surface area contributed by atoms with Gasteiger partial charge in [0.2, 0.25) is 5.88 Å². The van der Waals surface area contributed by atoms with E-state index in [0.29, 0.717) is 16.7 Å². The van der Waals surface area contributed by atoms with Crippen molar-refractivity contribution in [2.24, 2.45) is 0 Å². The molecule has 0 spiro atoms. The van der Waals surface area contributed by atoms with Crippen LogP contribution in [0.3, 0.4) is 0 Å². The number of pyridine rings is 2. The molecule has 0 saturated heterocycles. The van der Waals surface area contributed by atoms with Crippen LogP contribution in [-0.4, -0.2) is 9.97 Å². The standard InChI is InChI=1S/C11H8BrClN2O/c1-7-2-3-15-11(10(7)12)16-9-4-8(13)5-14-6-9/h2-6H,1H3. The van der Waals surface area contributed by atoms with Crippen molar-refractivity contribution in [1.82, 2.24) is 9.97 Å². The molecular weight excluding hydrogens is 291 g/mol. The van der Waals surface area contributed by atoms with Crippen molar-refractivity contribution in [2.75, 3.05) is 0 Å². The van der Waals surface area contributed by atoms with Crippen LogP contribution >= 0.6 is 27.5 Å². The van der Waals surface area contributed by atoms with E-state index in [1.165, 1.54) is 0 Å². The summed E-state index contributed by atoms with van der Waals surface area (Å²) in [5.74, 6) is 1.07. The molecule has 0 aromatic carbocycles. The van der Waals surface area contributed by atoms with E-state index in [2.05, 4.69) is 25.9 Å². The highest BCUT2D eigenvalue weighted by Gasteiger charge is 2.06. The van der Waals surface area contributed by atoms with Gasteiger partial charge in [0.1, 0.15) is 5.75 Å². The average molecular weight is 300 g/mol. The first-order valence-electron chi connectivity index (χ1n) is 4.56. The van der Waals surface area contributed by atoms with Crippen molar-refractivity contribution in [3.8, 4) is 11.6 Å². The highest BCUT2D eigenvalue weighted by atomic mass is 79.9. The van der Waals surface area contributed by atoms with E-state index in [1.54, 1.807) is 24.7 Å². The molecule has 0 aliphatic heterocycles. The van der Waals surface area contributed by atoms with Crippen molar-refractivity contribution in [3.63, 3.8) is 0 Å². The first-order chi connectivity index (χ1) is 7.66. The number of nitrogens with zero attached hydrogens (tertiary/aromatic N) is 2. The maximum atomic E-state index is 5.81. The molecule has 2 rings (SSSR count). The predicted molar refractivity (Wildman–Crippen MR) is 66.0 cm³/mol. The summed E-state index contributed by atoms with van der Waals surface area (Å²) in [5.41, 5.74) is 1.06. The average Bonchev–Trinajstić information content (AvgIpc) is 2.25. The highest BCUT2D eigenvalue weighted by molar-refractivity contribution is 9.10. The van der Waals surface area contributed by atoms with Crippen LogP contribution in [0.4, 0.5) is 0 Å². The lowest BCUT2D eigenvalue weighted by atomic mass is 10.3. The van der Waals surface area contributed by atoms with Crippen LogP contribution < -0.4 is 4.74 Å². The third-order valence-corrected chi connectivity index (χ3v) is 3.12. The zero-order valence-electron chi connectivity index (χ0n) is 8.45. The Labute approximate surface area is 107 Å². The number of ether oxygens (including phenoxy) is 1. The van der Waals surface area contributed by atoms with Gasteiger partial charge in [-0.3, -0.25) is 4.98 Å². The normalized spacial score (nSPS) is 10.2. The molecule has 0 aliphatic rings. The van der Waals surface area contributed by atoms with Crippen molar-refractivity contribution in [3.05, 3.63) is 45.8 Å². The summed E-state index contributed by atoms with van der Waals surface area (Å²) in [6.07, 6.45) is 4.82. The fourth-order valence-electron chi connectivity index (χ4n) is 1.15. The van der Waals surface area contributed by atoms with Crippen molar-refractivity contribution in [1.29, 1.82) is 0 Å². The minimum Gasteiger partial charge on any atom is -0.436 e. The zero-order valence-corrected chi connectivity index (χ0v) is 10.8. The smallest absolute Gasteiger partial charge is 0.233 e. The van der Waals surface area contributed by atoms with Crippen LogP contribution in [0, 0.1) is 6.92 Å². The summed E-state index contributed by atoms with van der Waals surface area (Å²) in [6.45, 7) is 1.97. The minimum absolute atomic E-state index is 0.504. The predicted octanol–water partition coefficient (Wildman–Crippen LogP) is 3.99. The molecule has 3 nitrogen and oxygen atoms in total. The third kappa shape index (κ3) is 2.51. The van der Waals surface area contributed by atoms with Gasteiger partial charge in [-0.15, -0.1) is 0 Å². The van der Waals surface area contributed by atoms with Crippen molar-refractivity contribution in [2.45, 2.75) is 6.92 Å². The second kappa shape index (κ2) is 4.80. The monoisotopic (exact) mass is 298 g/mol. The summed E-state index contributed by atoms with van der Waals surface area (Å²) in [7, 11) is 0. The summed E-state index contributed by atoms with van der Waals surface area (Å²) < 4.78 is 6.39. The van der Waals surface area contributed by atoms with E-state index in [9.17, 15) is 0 Å². The maximum Gasteiger partial charge on any atom is 0.233 e. The Balaban J connectivity index is 2.31. The van der Waals surface area contributed by atoms with Gasteiger partial charge in [-0.05, 0) is 34.5 Å². The van der Waals surface area contributed by atoms with Gasteiger partial charge in [-0.25, -0.2) is 4.98 Å². The molecule has 0 aliphatic carbocycles. The molecule has 0 saturated carbocycles. The molecule has 16 heavy (non-hydrogen) atoms. The molecule has 0 radical (unpaired) electrons. The lowest BCUT2D eigenvalue weighted by Crippen LogP contribution is -1.91. The first-order valence-corrected chi connectivity index (χ1v) is 5.73. The van der Waals surface area contributed by atoms with Gasteiger partial charge in [-0.1, -0.05) is 11.6 Å². The maximum absolute atomic E-state index is 5.81. The summed E-state index contributed by atoms with van der Waals surface area (Å²) in [4.78, 5) is 8.06. The molecule has 2 aromatic rings. The number of aryl methyl sites for hydroxylation is 1. The van der Waals surface area contributed by atoms with E-state index < -0.39 is 0 Å². The summed E-state index contributed by atoms with van der Waals surface area (Å²) in [5, 5.41) is 0.529. The molecule has 0 atom stereocenters. The van der Waals surface area contributed by atoms with Gasteiger partial charge in [0.25, 0.3) is 0 Å². The van der Waals surface area contributed by atoms with Crippen molar-refractivity contribution < 1.29 is 4.74 Å². The van der Waals surface area contributed by atoms with Gasteiger partial charge in [0, 0.05) is 18.5 Å². The number of halogens is 2. The Bertz CT molecular complexity index is 519. The molecule has 0 amide bonds. The molecule has 0 N–H and O–H groups in total. The molecule has 0 bridgehead atoms. The Morgan fingerprint density at radius 3 is 2.94 bits per heavy atom. The highest BCUT2D eigenvalue weighted by Crippen LogP contribution is 2.30. The van der Waals surface area contributed by atoms with Crippen LogP contribution in [0.5, 0.6) is 11.6 Å². The number of aromatic nitrogens is 2. The van der Waals surface area contributed by atoms with Crippen LogP contribution in [0.25, 0.3) is 0 Å². The van der Waals surface area contributed by atoms with E-state index in [4.69, 9.17) is 16.3 Å². The lowest BCUT2D eigenvalue weighted by molar-refractivity contribution is 0.457. The Morgan fingerprint density at radius 1 is 1.38 bits per heavy atom. The van der Waals surface area contributed by atoms with Crippen LogP contribution in [0.2, 0.25) is 5.02 Å². The molecule has 82 valence electrons. The molecule has 2 heterocycles. The molecular formula is C11H8BrClN2O. The lowest BCUT2D eigenvalue weighted by Gasteiger charge is -2.07. The number of hydrogen-bond donors (Lipinski definition) is 0. The first kappa shape index (κ1) is 11.4. The molecule has 0 unspecified atom stereocenters. The van der Waals surface area contributed by atoms with Gasteiger partial charge in [0.15, 0.2) is 0 Å². The van der Waals surface area contributed by atoms with Gasteiger partial charge < -0.3 is 4.74 Å². The van der Waals surface area contributed by atoms with E-state index in [0.717, 1.165) is 10.0 Å². The van der Waals surface area contributed by atoms with Gasteiger partial charge in [-0.2, -0.15) is 0 Å². The van der Waals surface area contributed by atoms with E-state index in [1.807, 2.05) is 13.0 Å². The summed E-state index contributed by atoms with van der Waals surface area (Å²) in [6, 6.07) is 3.58. The largest absolute Gasteiger partial charge is 0.436 e. The number of rotatable bonds is 2. The minimum atomic E-state index is 0.504. The quantitative estimate of drug-likeness (QED) is 0.841. The van der Waals surface area contributed by atoms with Gasteiger partial charge >= 0.3 is 0 Å². The van der Waals surface area contributed by atoms with E-state index in [-0.39, 0.29) is 0 Å². The topological polar surface area (TPSA) is 35.0 Å². The molecule has 5 heteroatoms. The second-order valence-electron chi connectivity index (χ2n) is 3.19. The SMILES string of the molecule is Cc1ccnc(Oc2cncc(Cl)c2)c1Br. The third-order valence-electron chi connectivity index (χ3n) is 1.94. The van der Waals surface area contributed by atoms with Crippen LogP contribution in [0.15, 0.2) is 35.2 Å². The Morgan fingerprint density at radius 2 is 2.19 bits per heavy atom. The van der Waals surface area contributed by atoms with Crippen molar-refractivity contribution >= 4 is 27.5 Å². The Kier molecular flexibility index (Phi) is 3.41. The Hall–Kier alpha value is -1.13. The number of hydrogen-bond acceptors (Lipinski definition) is 3. The van der Waals surface area contributed by atoms with Crippen LogP contribution in [0.1, 0.15) is 5.56 Å². The summed E-state index contributed by atoms with van der Waals surface area (Å²) >= 11 is 9.22. The molecule has 0 fully saturated rings. The molecule has 2 aromatic heterocycles. The van der Waals surface area contributed by atoms with Gasteiger partial charge in [0.05, 0.1) is 15.7 Å². The van der Waals surface area contributed by atoms with E-state index >= 15 is 0 Å². The fraction of sp³-hybridized carbons (Fsp3) is 0.0909. The fourth-order valence-corrected chi connectivity index (χ4v) is 1.63.